The van der Waals surface area contributed by atoms with Gasteiger partial charge in [-0.3, -0.25) is 4.79 Å². The normalized spacial score (nSPS) is 25.6. The van der Waals surface area contributed by atoms with Crippen molar-refractivity contribution in [2.24, 2.45) is 0 Å². The van der Waals surface area contributed by atoms with Crippen LogP contribution in [0.5, 0.6) is 0 Å². The van der Waals surface area contributed by atoms with Crippen LogP contribution in [0.1, 0.15) is 219 Å². The number of unbranched alkanes of at least 4 members (excludes halogenated alkanes) is 25. The molecule has 0 aromatic heterocycles. The maximum Gasteiger partial charge on any atom is 0.220 e. The minimum absolute atomic E-state index is 0.242. The number of hydrogen-bond acceptors (Lipinski definition) is 13. The molecular formula is C60H107NO13. The van der Waals surface area contributed by atoms with E-state index in [1.165, 1.54) is 128 Å². The maximum atomic E-state index is 13.2. The fraction of sp³-hybridized carbons (Fsp3) is 0.817. The lowest BCUT2D eigenvalue weighted by molar-refractivity contribution is -0.359. The molecule has 430 valence electrons. The SMILES string of the molecule is CC/C=C\C/C=C\C/C=C\C/C=C\CCCCCCCCCCCCCCCCCCC(=O)NC(COC1OC(CO)C(OC2OC(CO)C(O)C(O)C2O)C(O)C1O)C(O)/C=C/CCCCCCCCCCC. The van der Waals surface area contributed by atoms with Gasteiger partial charge in [0, 0.05) is 6.42 Å². The van der Waals surface area contributed by atoms with E-state index in [0.29, 0.717) is 6.42 Å². The molecule has 2 heterocycles. The summed E-state index contributed by atoms with van der Waals surface area (Å²) in [4.78, 5) is 13.2. The van der Waals surface area contributed by atoms with E-state index in [0.717, 1.165) is 64.2 Å². The van der Waals surface area contributed by atoms with E-state index in [4.69, 9.17) is 18.9 Å². The molecule has 74 heavy (non-hydrogen) atoms. The van der Waals surface area contributed by atoms with Crippen LogP contribution in [0.25, 0.3) is 0 Å². The van der Waals surface area contributed by atoms with Crippen molar-refractivity contribution >= 4 is 5.91 Å². The zero-order valence-electron chi connectivity index (χ0n) is 46.1. The van der Waals surface area contributed by atoms with Gasteiger partial charge < -0.3 is 65.1 Å². The average molecular weight is 1050 g/mol. The van der Waals surface area contributed by atoms with Crippen LogP contribution < -0.4 is 5.32 Å². The van der Waals surface area contributed by atoms with Crippen molar-refractivity contribution in [3.63, 3.8) is 0 Å². The standard InChI is InChI=1S/C60H107NO13/c1-3-5-7-9-11-13-15-16-17-18-19-20-21-22-23-24-25-26-27-28-29-30-31-32-34-36-38-40-42-44-52(65)61-48(49(64)43-41-39-37-35-33-14-12-10-8-6-4-2)47-71-59-57(70)55(68)58(51(46-63)73-59)74-60-56(69)54(67)53(66)50(45-62)72-60/h5,7,11,13,16-17,19-20,41,43,48-51,53-60,62-64,66-70H,3-4,6,8-10,12,14-15,18,21-40,42,44-47H2,1-2H3,(H,61,65)/b7-5-,13-11-,17-16-,20-19-,43-41+. The Morgan fingerprint density at radius 3 is 1.43 bits per heavy atom. The number of nitrogens with one attached hydrogen (secondary N) is 1. The van der Waals surface area contributed by atoms with Crippen LogP contribution in [-0.4, -0.2) is 140 Å². The van der Waals surface area contributed by atoms with Crippen LogP contribution in [0.2, 0.25) is 0 Å². The molecule has 0 spiro atoms. The largest absolute Gasteiger partial charge is 0.394 e. The first-order valence-electron chi connectivity index (χ1n) is 29.5. The number of aliphatic hydroxyl groups is 8. The average Bonchev–Trinajstić information content (AvgIpc) is 3.40. The topological polar surface area (TPSA) is 228 Å². The molecule has 14 nitrogen and oxygen atoms in total. The summed E-state index contributed by atoms with van der Waals surface area (Å²) in [6.07, 6.45) is 41.3. The van der Waals surface area contributed by atoms with Gasteiger partial charge in [-0.15, -0.1) is 0 Å². The van der Waals surface area contributed by atoms with E-state index in [9.17, 15) is 45.6 Å². The highest BCUT2D eigenvalue weighted by Gasteiger charge is 2.51. The number of aliphatic hydroxyl groups excluding tert-OH is 8. The number of ether oxygens (including phenoxy) is 4. The molecule has 2 rings (SSSR count). The van der Waals surface area contributed by atoms with Gasteiger partial charge >= 0.3 is 0 Å². The second-order valence-electron chi connectivity index (χ2n) is 20.7. The van der Waals surface area contributed by atoms with Crippen molar-refractivity contribution in [2.45, 2.75) is 293 Å². The summed E-state index contributed by atoms with van der Waals surface area (Å²) in [6, 6.07) is -0.914. The second-order valence-corrected chi connectivity index (χ2v) is 20.7. The predicted molar refractivity (Wildman–Crippen MR) is 295 cm³/mol. The first kappa shape index (κ1) is 67.8. The Morgan fingerprint density at radius 2 is 0.932 bits per heavy atom. The number of hydrogen-bond donors (Lipinski definition) is 9. The van der Waals surface area contributed by atoms with E-state index in [-0.39, 0.29) is 18.9 Å². The maximum absolute atomic E-state index is 13.2. The van der Waals surface area contributed by atoms with Crippen LogP contribution in [-0.2, 0) is 23.7 Å². The van der Waals surface area contributed by atoms with Gasteiger partial charge in [-0.05, 0) is 57.8 Å². The molecule has 12 atom stereocenters. The van der Waals surface area contributed by atoms with Gasteiger partial charge in [0.05, 0.1) is 32.0 Å². The quantitative estimate of drug-likeness (QED) is 0.0205. The lowest BCUT2D eigenvalue weighted by Crippen LogP contribution is -2.65. The number of amides is 1. The fourth-order valence-corrected chi connectivity index (χ4v) is 9.46. The molecule has 9 N–H and O–H groups in total. The summed E-state index contributed by atoms with van der Waals surface area (Å²) in [6.45, 7) is 2.66. The highest BCUT2D eigenvalue weighted by Crippen LogP contribution is 2.30. The highest BCUT2D eigenvalue weighted by atomic mass is 16.7. The zero-order chi connectivity index (χ0) is 53.9. The number of allylic oxidation sites excluding steroid dienone is 9. The van der Waals surface area contributed by atoms with Crippen molar-refractivity contribution in [1.29, 1.82) is 0 Å². The van der Waals surface area contributed by atoms with Gasteiger partial charge in [0.25, 0.3) is 0 Å². The monoisotopic (exact) mass is 1050 g/mol. The summed E-state index contributed by atoms with van der Waals surface area (Å²) < 4.78 is 22.7. The second kappa shape index (κ2) is 45.7. The van der Waals surface area contributed by atoms with E-state index < -0.39 is 86.8 Å². The van der Waals surface area contributed by atoms with Gasteiger partial charge in [0.15, 0.2) is 12.6 Å². The molecule has 0 saturated carbocycles. The molecule has 14 heteroatoms. The minimum Gasteiger partial charge on any atom is -0.394 e. The van der Waals surface area contributed by atoms with E-state index in [1.54, 1.807) is 6.08 Å². The number of carbonyl (C=O) groups excluding carboxylic acids is 1. The van der Waals surface area contributed by atoms with E-state index >= 15 is 0 Å². The first-order valence-corrected chi connectivity index (χ1v) is 29.5. The van der Waals surface area contributed by atoms with Gasteiger partial charge in [-0.1, -0.05) is 216 Å². The smallest absolute Gasteiger partial charge is 0.220 e. The summed E-state index contributed by atoms with van der Waals surface area (Å²) in [5.74, 6) is -0.242. The molecule has 0 aromatic carbocycles. The van der Waals surface area contributed by atoms with Crippen LogP contribution in [0.4, 0.5) is 0 Å². The van der Waals surface area contributed by atoms with Crippen LogP contribution in [0, 0.1) is 0 Å². The van der Waals surface area contributed by atoms with Crippen molar-refractivity contribution in [2.75, 3.05) is 19.8 Å². The van der Waals surface area contributed by atoms with Crippen LogP contribution >= 0.6 is 0 Å². The molecule has 2 aliphatic heterocycles. The highest BCUT2D eigenvalue weighted by molar-refractivity contribution is 5.76. The Balaban J connectivity index is 1.67. The Morgan fingerprint density at radius 1 is 0.500 bits per heavy atom. The fourth-order valence-electron chi connectivity index (χ4n) is 9.46. The molecule has 0 bridgehead atoms. The molecular weight excluding hydrogens is 943 g/mol. The van der Waals surface area contributed by atoms with Crippen molar-refractivity contribution in [3.05, 3.63) is 60.8 Å². The molecule has 0 radical (unpaired) electrons. The molecule has 2 fully saturated rings. The van der Waals surface area contributed by atoms with Crippen LogP contribution in [0.3, 0.4) is 0 Å². The summed E-state index contributed by atoms with van der Waals surface area (Å²) in [7, 11) is 0. The first-order chi connectivity index (χ1) is 36.1. The van der Waals surface area contributed by atoms with Crippen molar-refractivity contribution in [3.8, 4) is 0 Å². The summed E-state index contributed by atoms with van der Waals surface area (Å²) in [5.41, 5.74) is 0. The molecule has 12 unspecified atom stereocenters. The summed E-state index contributed by atoms with van der Waals surface area (Å²) >= 11 is 0. The summed E-state index contributed by atoms with van der Waals surface area (Å²) in [5, 5.41) is 86.9. The van der Waals surface area contributed by atoms with Crippen molar-refractivity contribution in [1.82, 2.24) is 5.32 Å². The minimum atomic E-state index is -1.79. The third-order valence-electron chi connectivity index (χ3n) is 14.2. The number of carbonyl (C=O) groups is 1. The number of rotatable bonds is 46. The van der Waals surface area contributed by atoms with Crippen molar-refractivity contribution < 1.29 is 64.6 Å². The third kappa shape index (κ3) is 31.2. The predicted octanol–water partition coefficient (Wildman–Crippen LogP) is 9.78. The van der Waals surface area contributed by atoms with E-state index in [2.05, 4.69) is 67.8 Å². The van der Waals surface area contributed by atoms with Gasteiger partial charge in [-0.2, -0.15) is 0 Å². The Labute approximate surface area is 447 Å². The molecule has 1 amide bonds. The van der Waals surface area contributed by atoms with Gasteiger partial charge in [0.2, 0.25) is 5.91 Å². The van der Waals surface area contributed by atoms with Gasteiger partial charge in [0.1, 0.15) is 48.8 Å². The van der Waals surface area contributed by atoms with Gasteiger partial charge in [-0.25, -0.2) is 0 Å². The third-order valence-corrected chi connectivity index (χ3v) is 14.2. The molecule has 2 saturated heterocycles. The molecule has 0 aromatic rings. The lowest BCUT2D eigenvalue weighted by Gasteiger charge is -2.46. The zero-order valence-corrected chi connectivity index (χ0v) is 46.1. The Bertz CT molecular complexity index is 1470. The van der Waals surface area contributed by atoms with Crippen LogP contribution in [0.15, 0.2) is 60.8 Å². The Hall–Kier alpha value is -2.31. The lowest BCUT2D eigenvalue weighted by atomic mass is 9.97. The molecule has 0 aliphatic carbocycles. The van der Waals surface area contributed by atoms with E-state index in [1.807, 2.05) is 6.08 Å². The molecule has 2 aliphatic rings. The Kier molecular flexibility index (Phi) is 41.9.